The lowest BCUT2D eigenvalue weighted by atomic mass is 9.90. The fourth-order valence-corrected chi connectivity index (χ4v) is 3.92. The highest BCUT2D eigenvalue weighted by molar-refractivity contribution is 5.91. The lowest BCUT2D eigenvalue weighted by Crippen LogP contribution is -2.19. The van der Waals surface area contributed by atoms with Gasteiger partial charge in [0.05, 0.1) is 17.7 Å². The predicted molar refractivity (Wildman–Crippen MR) is 128 cm³/mol. The lowest BCUT2D eigenvalue weighted by molar-refractivity contribution is 0.0724. The standard InChI is InChI=1S/C29H22O5/c30-28(21-7-3-1-4-8-21)33-25-14-11-20(12-15-25)24-17-23-13-16-26(18-27(23)32-19-24)34-29(31)22-9-5-2-6-10-22/h1-16,18,24H,17,19H2. The molecule has 5 rings (SSSR count). The number of rotatable bonds is 5. The van der Waals surface area contributed by atoms with Gasteiger partial charge in [-0.3, -0.25) is 0 Å². The van der Waals surface area contributed by atoms with Crippen molar-refractivity contribution in [2.75, 3.05) is 6.61 Å². The van der Waals surface area contributed by atoms with Gasteiger partial charge in [0.15, 0.2) is 0 Å². The maximum Gasteiger partial charge on any atom is 0.343 e. The van der Waals surface area contributed by atoms with Crippen LogP contribution in [0.15, 0.2) is 103 Å². The average molecular weight is 450 g/mol. The lowest BCUT2D eigenvalue weighted by Gasteiger charge is -2.26. The van der Waals surface area contributed by atoms with Crippen LogP contribution in [0.4, 0.5) is 0 Å². The van der Waals surface area contributed by atoms with Crippen LogP contribution in [0.25, 0.3) is 0 Å². The Labute approximate surface area is 197 Å². The van der Waals surface area contributed by atoms with Crippen molar-refractivity contribution in [3.05, 3.63) is 125 Å². The zero-order valence-electron chi connectivity index (χ0n) is 18.3. The molecule has 1 aliphatic rings. The monoisotopic (exact) mass is 450 g/mol. The molecule has 1 aliphatic heterocycles. The van der Waals surface area contributed by atoms with Gasteiger partial charge in [-0.25, -0.2) is 9.59 Å². The number of fused-ring (bicyclic) bond motifs is 1. The molecule has 0 radical (unpaired) electrons. The molecule has 0 amide bonds. The molecule has 0 aliphatic carbocycles. The van der Waals surface area contributed by atoms with Gasteiger partial charge >= 0.3 is 11.9 Å². The minimum Gasteiger partial charge on any atom is -0.493 e. The van der Waals surface area contributed by atoms with Crippen molar-refractivity contribution in [2.24, 2.45) is 0 Å². The summed E-state index contributed by atoms with van der Waals surface area (Å²) in [7, 11) is 0. The van der Waals surface area contributed by atoms with Gasteiger partial charge in [0.2, 0.25) is 0 Å². The van der Waals surface area contributed by atoms with Crippen molar-refractivity contribution >= 4 is 11.9 Å². The molecule has 1 heterocycles. The van der Waals surface area contributed by atoms with Gasteiger partial charge in [0.1, 0.15) is 17.2 Å². The molecule has 0 aromatic heterocycles. The Morgan fingerprint density at radius 2 is 1.24 bits per heavy atom. The van der Waals surface area contributed by atoms with Gasteiger partial charge < -0.3 is 14.2 Å². The van der Waals surface area contributed by atoms with Crippen LogP contribution in [-0.4, -0.2) is 18.5 Å². The van der Waals surface area contributed by atoms with Crippen LogP contribution in [0.2, 0.25) is 0 Å². The van der Waals surface area contributed by atoms with Crippen LogP contribution in [0.1, 0.15) is 37.8 Å². The fraction of sp³-hybridized carbons (Fsp3) is 0.103. The molecule has 168 valence electrons. The molecule has 4 aromatic rings. The molecule has 5 heteroatoms. The summed E-state index contributed by atoms with van der Waals surface area (Å²) in [6.45, 7) is 0.506. The van der Waals surface area contributed by atoms with Crippen molar-refractivity contribution in [1.82, 2.24) is 0 Å². The van der Waals surface area contributed by atoms with Crippen molar-refractivity contribution < 1.29 is 23.8 Å². The SMILES string of the molecule is O=C(Oc1ccc(C2COc3cc(OC(=O)c4ccccc4)ccc3C2)cc1)c1ccccc1. The summed E-state index contributed by atoms with van der Waals surface area (Å²) in [6.07, 6.45) is 0.797. The van der Waals surface area contributed by atoms with Crippen LogP contribution in [0.5, 0.6) is 17.2 Å². The average Bonchev–Trinajstić information content (AvgIpc) is 2.90. The first kappa shape index (κ1) is 21.5. The van der Waals surface area contributed by atoms with E-state index in [4.69, 9.17) is 14.2 Å². The first-order valence-electron chi connectivity index (χ1n) is 11.1. The molecule has 0 N–H and O–H groups in total. The Bertz CT molecular complexity index is 1300. The van der Waals surface area contributed by atoms with E-state index in [-0.39, 0.29) is 11.9 Å². The van der Waals surface area contributed by atoms with Crippen molar-refractivity contribution in [2.45, 2.75) is 12.3 Å². The van der Waals surface area contributed by atoms with Crippen LogP contribution < -0.4 is 14.2 Å². The van der Waals surface area contributed by atoms with E-state index < -0.39 is 5.97 Å². The molecular formula is C29H22O5. The largest absolute Gasteiger partial charge is 0.493 e. The van der Waals surface area contributed by atoms with Crippen molar-refractivity contribution in [3.8, 4) is 17.2 Å². The van der Waals surface area contributed by atoms with Gasteiger partial charge in [-0.05, 0) is 60.0 Å². The minimum absolute atomic E-state index is 0.170. The summed E-state index contributed by atoms with van der Waals surface area (Å²) in [6, 6.07) is 30.8. The van der Waals surface area contributed by atoms with Crippen molar-refractivity contribution in [1.29, 1.82) is 0 Å². The number of carbonyl (C=O) groups is 2. The molecule has 0 saturated heterocycles. The van der Waals surface area contributed by atoms with Crippen LogP contribution in [-0.2, 0) is 6.42 Å². The van der Waals surface area contributed by atoms with E-state index in [0.29, 0.717) is 29.2 Å². The van der Waals surface area contributed by atoms with E-state index in [1.807, 2.05) is 30.3 Å². The maximum atomic E-state index is 12.3. The number of ether oxygens (including phenoxy) is 3. The predicted octanol–water partition coefficient (Wildman–Crippen LogP) is 5.84. The molecule has 4 aromatic carbocycles. The third-order valence-electron chi connectivity index (χ3n) is 5.74. The summed E-state index contributed by atoms with van der Waals surface area (Å²) in [5.41, 5.74) is 3.16. The van der Waals surface area contributed by atoms with E-state index in [0.717, 1.165) is 23.3 Å². The highest BCUT2D eigenvalue weighted by atomic mass is 16.5. The minimum atomic E-state index is -0.401. The Morgan fingerprint density at radius 1 is 0.676 bits per heavy atom. The van der Waals surface area contributed by atoms with E-state index in [1.165, 1.54) is 0 Å². The number of benzene rings is 4. The van der Waals surface area contributed by atoms with Crippen LogP contribution in [0.3, 0.4) is 0 Å². The van der Waals surface area contributed by atoms with Gasteiger partial charge in [0, 0.05) is 12.0 Å². The van der Waals surface area contributed by atoms with E-state index in [2.05, 4.69) is 0 Å². The topological polar surface area (TPSA) is 61.8 Å². The summed E-state index contributed by atoms with van der Waals surface area (Å²) in [5, 5.41) is 0. The van der Waals surface area contributed by atoms with E-state index in [9.17, 15) is 9.59 Å². The molecule has 1 unspecified atom stereocenters. The molecule has 0 spiro atoms. The van der Waals surface area contributed by atoms with E-state index in [1.54, 1.807) is 72.8 Å². The fourth-order valence-electron chi connectivity index (χ4n) is 3.92. The maximum absolute atomic E-state index is 12.3. The van der Waals surface area contributed by atoms with Crippen molar-refractivity contribution in [3.63, 3.8) is 0 Å². The molecule has 0 bridgehead atoms. The highest BCUT2D eigenvalue weighted by Gasteiger charge is 2.22. The zero-order valence-corrected chi connectivity index (χ0v) is 18.3. The third-order valence-corrected chi connectivity index (χ3v) is 5.74. The Morgan fingerprint density at radius 3 is 1.85 bits per heavy atom. The number of hydrogen-bond acceptors (Lipinski definition) is 5. The summed E-state index contributed by atoms with van der Waals surface area (Å²) in [5.74, 6) is 1.07. The quantitative estimate of drug-likeness (QED) is 0.282. The Balaban J connectivity index is 1.22. The molecule has 0 saturated carbocycles. The van der Waals surface area contributed by atoms with Gasteiger partial charge in [-0.15, -0.1) is 0 Å². The normalized spacial score (nSPS) is 14.4. The summed E-state index contributed by atoms with van der Waals surface area (Å²) < 4.78 is 17.0. The molecule has 5 nitrogen and oxygen atoms in total. The molecule has 0 fully saturated rings. The zero-order chi connectivity index (χ0) is 23.3. The van der Waals surface area contributed by atoms with Gasteiger partial charge in [0.25, 0.3) is 0 Å². The number of esters is 2. The molecular weight excluding hydrogens is 428 g/mol. The third kappa shape index (κ3) is 4.84. The van der Waals surface area contributed by atoms with E-state index >= 15 is 0 Å². The second-order valence-electron chi connectivity index (χ2n) is 8.06. The second kappa shape index (κ2) is 9.63. The Hall–Kier alpha value is -4.38. The first-order valence-corrected chi connectivity index (χ1v) is 11.1. The molecule has 1 atom stereocenters. The number of hydrogen-bond donors (Lipinski definition) is 0. The van der Waals surface area contributed by atoms with Crippen LogP contribution >= 0.6 is 0 Å². The first-order chi connectivity index (χ1) is 16.7. The summed E-state index contributed by atoms with van der Waals surface area (Å²) >= 11 is 0. The smallest absolute Gasteiger partial charge is 0.343 e. The van der Waals surface area contributed by atoms with Gasteiger partial charge in [-0.1, -0.05) is 54.6 Å². The second-order valence-corrected chi connectivity index (χ2v) is 8.06. The van der Waals surface area contributed by atoms with Gasteiger partial charge in [-0.2, -0.15) is 0 Å². The molecule has 34 heavy (non-hydrogen) atoms. The number of carbonyl (C=O) groups excluding carboxylic acids is 2. The highest BCUT2D eigenvalue weighted by Crippen LogP contribution is 2.35. The summed E-state index contributed by atoms with van der Waals surface area (Å²) in [4.78, 5) is 24.5. The van der Waals surface area contributed by atoms with Crippen LogP contribution in [0, 0.1) is 0 Å². The Kier molecular flexibility index (Phi) is 6.08.